The van der Waals surface area contributed by atoms with E-state index in [-0.39, 0.29) is 11.9 Å². The first-order chi connectivity index (χ1) is 10.0. The highest BCUT2D eigenvalue weighted by atomic mass is 32.1. The molecule has 0 fully saturated rings. The van der Waals surface area contributed by atoms with Crippen molar-refractivity contribution in [3.8, 4) is 0 Å². The molecule has 0 spiro atoms. The van der Waals surface area contributed by atoms with E-state index in [2.05, 4.69) is 15.4 Å². The highest BCUT2D eigenvalue weighted by Crippen LogP contribution is 2.26. The third kappa shape index (κ3) is 2.67. The summed E-state index contributed by atoms with van der Waals surface area (Å²) < 4.78 is 2.79. The summed E-state index contributed by atoms with van der Waals surface area (Å²) in [6.45, 7) is 5.88. The van der Waals surface area contributed by atoms with Crippen LogP contribution in [0, 0.1) is 6.92 Å². The van der Waals surface area contributed by atoms with Crippen molar-refractivity contribution in [2.45, 2.75) is 26.8 Å². The molecule has 0 atom stereocenters. The minimum Gasteiger partial charge on any atom is -0.296 e. The van der Waals surface area contributed by atoms with Crippen molar-refractivity contribution in [1.82, 2.24) is 14.8 Å². The number of carbonyl (C=O) groups excluding carboxylic acids is 1. The summed E-state index contributed by atoms with van der Waals surface area (Å²) in [6, 6.07) is 9.75. The Morgan fingerprint density at radius 1 is 1.33 bits per heavy atom. The number of aromatic nitrogens is 3. The van der Waals surface area contributed by atoms with Crippen LogP contribution in [0.25, 0.3) is 10.2 Å². The van der Waals surface area contributed by atoms with E-state index in [9.17, 15) is 4.79 Å². The van der Waals surface area contributed by atoms with E-state index in [1.165, 1.54) is 11.3 Å². The number of thiazole rings is 1. The van der Waals surface area contributed by atoms with E-state index in [0.29, 0.717) is 10.8 Å². The second-order valence-corrected chi connectivity index (χ2v) is 6.18. The van der Waals surface area contributed by atoms with Crippen LogP contribution in [-0.2, 0) is 0 Å². The monoisotopic (exact) mass is 300 g/mol. The molecule has 0 saturated carbocycles. The summed E-state index contributed by atoms with van der Waals surface area (Å²) in [7, 11) is 0. The quantitative estimate of drug-likeness (QED) is 0.803. The zero-order chi connectivity index (χ0) is 15.0. The van der Waals surface area contributed by atoms with E-state index in [1.807, 2.05) is 45.0 Å². The van der Waals surface area contributed by atoms with E-state index in [4.69, 9.17) is 0 Å². The van der Waals surface area contributed by atoms with Crippen LogP contribution in [0.2, 0.25) is 0 Å². The summed E-state index contributed by atoms with van der Waals surface area (Å²) in [5.74, 6) is -0.177. The lowest BCUT2D eigenvalue weighted by Gasteiger charge is -2.09. The van der Waals surface area contributed by atoms with Gasteiger partial charge in [0, 0.05) is 6.04 Å². The number of hydrogen-bond acceptors (Lipinski definition) is 4. The van der Waals surface area contributed by atoms with Gasteiger partial charge in [0.15, 0.2) is 5.13 Å². The first kappa shape index (κ1) is 13.8. The lowest BCUT2D eigenvalue weighted by atomic mass is 10.3. The molecular formula is C15H16N4OS. The number of benzene rings is 1. The standard InChI is InChI=1S/C15H16N4OS/c1-9(2)19-12(8-10(3)18-19)14(20)17-15-16-11-6-4-5-7-13(11)21-15/h4-9H,1-3H3,(H,16,17,20). The van der Waals surface area contributed by atoms with Gasteiger partial charge in [-0.1, -0.05) is 23.5 Å². The zero-order valence-corrected chi connectivity index (χ0v) is 12.9. The molecule has 1 aromatic carbocycles. The Balaban J connectivity index is 1.89. The number of hydrogen-bond donors (Lipinski definition) is 1. The maximum absolute atomic E-state index is 12.4. The third-order valence-corrected chi connectivity index (χ3v) is 4.05. The van der Waals surface area contributed by atoms with Crippen LogP contribution in [0.1, 0.15) is 36.1 Å². The molecule has 0 radical (unpaired) electrons. The number of amides is 1. The van der Waals surface area contributed by atoms with Gasteiger partial charge in [-0.05, 0) is 39.0 Å². The molecule has 3 aromatic rings. The van der Waals surface area contributed by atoms with E-state index >= 15 is 0 Å². The van der Waals surface area contributed by atoms with Crippen LogP contribution >= 0.6 is 11.3 Å². The highest BCUT2D eigenvalue weighted by Gasteiger charge is 2.17. The van der Waals surface area contributed by atoms with Crippen LogP contribution in [-0.4, -0.2) is 20.7 Å². The SMILES string of the molecule is Cc1cc(C(=O)Nc2nc3ccccc3s2)n(C(C)C)n1. The maximum atomic E-state index is 12.4. The second kappa shape index (κ2) is 5.29. The van der Waals surface area contributed by atoms with E-state index < -0.39 is 0 Å². The van der Waals surface area contributed by atoms with Crippen molar-refractivity contribution in [3.63, 3.8) is 0 Å². The molecule has 21 heavy (non-hydrogen) atoms. The Morgan fingerprint density at radius 2 is 2.10 bits per heavy atom. The molecular weight excluding hydrogens is 284 g/mol. The molecule has 2 heterocycles. The van der Waals surface area contributed by atoms with Gasteiger partial charge < -0.3 is 0 Å². The normalized spacial score (nSPS) is 11.2. The van der Waals surface area contributed by atoms with Gasteiger partial charge in [-0.25, -0.2) is 4.98 Å². The number of fused-ring (bicyclic) bond motifs is 1. The molecule has 3 rings (SSSR count). The molecule has 0 saturated heterocycles. The van der Waals surface area contributed by atoms with Crippen molar-refractivity contribution in [1.29, 1.82) is 0 Å². The molecule has 0 unspecified atom stereocenters. The topological polar surface area (TPSA) is 59.8 Å². The van der Waals surface area contributed by atoms with Crippen LogP contribution in [0.4, 0.5) is 5.13 Å². The summed E-state index contributed by atoms with van der Waals surface area (Å²) in [5, 5.41) is 7.83. The van der Waals surface area contributed by atoms with Crippen LogP contribution in [0.15, 0.2) is 30.3 Å². The zero-order valence-electron chi connectivity index (χ0n) is 12.1. The first-order valence-corrected chi connectivity index (χ1v) is 7.59. The van der Waals surface area contributed by atoms with Gasteiger partial charge in [-0.2, -0.15) is 5.10 Å². The van der Waals surface area contributed by atoms with Crippen molar-refractivity contribution in [3.05, 3.63) is 41.7 Å². The Labute approximate surface area is 126 Å². The fourth-order valence-electron chi connectivity index (χ4n) is 2.17. The van der Waals surface area contributed by atoms with Crippen molar-refractivity contribution < 1.29 is 4.79 Å². The number of para-hydroxylation sites is 1. The average molecular weight is 300 g/mol. The number of aryl methyl sites for hydroxylation is 1. The third-order valence-electron chi connectivity index (χ3n) is 3.09. The predicted octanol–water partition coefficient (Wildman–Crippen LogP) is 3.63. The molecule has 6 heteroatoms. The van der Waals surface area contributed by atoms with Gasteiger partial charge in [-0.15, -0.1) is 0 Å². The summed E-state index contributed by atoms with van der Waals surface area (Å²) in [6.07, 6.45) is 0. The Hall–Kier alpha value is -2.21. The minimum absolute atomic E-state index is 0.134. The van der Waals surface area contributed by atoms with E-state index in [0.717, 1.165) is 15.9 Å². The lowest BCUT2D eigenvalue weighted by Crippen LogP contribution is -2.18. The predicted molar refractivity (Wildman–Crippen MR) is 84.9 cm³/mol. The molecule has 5 nitrogen and oxygen atoms in total. The minimum atomic E-state index is -0.177. The molecule has 0 aliphatic heterocycles. The molecule has 1 amide bonds. The van der Waals surface area contributed by atoms with Crippen LogP contribution in [0.5, 0.6) is 0 Å². The molecule has 1 N–H and O–H groups in total. The van der Waals surface area contributed by atoms with Crippen molar-refractivity contribution >= 4 is 32.6 Å². The second-order valence-electron chi connectivity index (χ2n) is 5.15. The number of nitrogens with one attached hydrogen (secondary N) is 1. The summed E-state index contributed by atoms with van der Waals surface area (Å²) in [5.41, 5.74) is 2.28. The number of anilines is 1. The number of carbonyl (C=O) groups is 1. The Bertz CT molecular complexity index is 770. The van der Waals surface area contributed by atoms with Gasteiger partial charge in [0.25, 0.3) is 5.91 Å². The van der Waals surface area contributed by atoms with E-state index in [1.54, 1.807) is 10.7 Å². The Morgan fingerprint density at radius 3 is 2.81 bits per heavy atom. The van der Waals surface area contributed by atoms with Crippen LogP contribution in [0.3, 0.4) is 0 Å². The number of nitrogens with zero attached hydrogens (tertiary/aromatic N) is 3. The fraction of sp³-hybridized carbons (Fsp3) is 0.267. The Kier molecular flexibility index (Phi) is 3.47. The molecule has 0 aliphatic carbocycles. The molecule has 2 aromatic heterocycles. The largest absolute Gasteiger partial charge is 0.296 e. The lowest BCUT2D eigenvalue weighted by molar-refractivity contribution is 0.101. The summed E-state index contributed by atoms with van der Waals surface area (Å²) in [4.78, 5) is 16.8. The van der Waals surface area contributed by atoms with Gasteiger partial charge in [0.1, 0.15) is 5.69 Å². The fourth-order valence-corrected chi connectivity index (χ4v) is 3.03. The number of rotatable bonds is 3. The first-order valence-electron chi connectivity index (χ1n) is 6.77. The van der Waals surface area contributed by atoms with Gasteiger partial charge in [0.2, 0.25) is 0 Å². The highest BCUT2D eigenvalue weighted by molar-refractivity contribution is 7.22. The smallest absolute Gasteiger partial charge is 0.275 e. The van der Waals surface area contributed by atoms with Gasteiger partial charge in [-0.3, -0.25) is 14.8 Å². The summed E-state index contributed by atoms with van der Waals surface area (Å²) >= 11 is 1.47. The van der Waals surface area contributed by atoms with Gasteiger partial charge in [0.05, 0.1) is 15.9 Å². The molecule has 0 aliphatic rings. The van der Waals surface area contributed by atoms with Crippen molar-refractivity contribution in [2.75, 3.05) is 5.32 Å². The molecule has 108 valence electrons. The van der Waals surface area contributed by atoms with Crippen molar-refractivity contribution in [2.24, 2.45) is 0 Å². The van der Waals surface area contributed by atoms with Crippen LogP contribution < -0.4 is 5.32 Å². The maximum Gasteiger partial charge on any atom is 0.275 e. The molecule has 0 bridgehead atoms. The average Bonchev–Trinajstić information content (AvgIpc) is 3.01. The van der Waals surface area contributed by atoms with Gasteiger partial charge >= 0.3 is 0 Å².